The molecule has 4 aromatic heterocycles. The molecule has 7 spiro atoms. The Morgan fingerprint density at radius 3 is 1.15 bits per heavy atom. The molecule has 36 heteroatoms. The van der Waals surface area contributed by atoms with Crippen molar-refractivity contribution < 1.29 is 162 Å². The lowest BCUT2D eigenvalue weighted by Gasteiger charge is -2.66. The van der Waals surface area contributed by atoms with Crippen LogP contribution in [0, 0.1) is 112 Å². The third kappa shape index (κ3) is 12.4. The molecule has 776 valence electrons. The number of carboxylic acid groups (broad SMARTS) is 2. The van der Waals surface area contributed by atoms with Crippen LogP contribution in [0.25, 0.3) is 0 Å². The number of cyclic esters (lactones) is 6. The largest absolute Gasteiger partial charge is 0.547 e. The van der Waals surface area contributed by atoms with E-state index in [1.165, 1.54) is 25.7 Å². The number of esters is 7. The minimum atomic E-state index is -1.49. The highest BCUT2D eigenvalue weighted by Crippen LogP contribution is 2.85. The fraction of sp³-hybridized carbons (Fsp3) is 0.729. The quantitative estimate of drug-likeness (QED) is 0.0680. The summed E-state index contributed by atoms with van der Waals surface area (Å²) in [6.07, 6.45) is 10.3. The zero-order chi connectivity index (χ0) is 103. The minimum Gasteiger partial charge on any atom is -0.547 e. The zero-order valence-electron chi connectivity index (χ0n) is 84.1. The third-order valence-electron chi connectivity index (χ3n) is 43.2. The van der Waals surface area contributed by atoms with Crippen molar-refractivity contribution in [2.24, 2.45) is 112 Å². The average Bonchev–Trinajstić information content (AvgIpc) is 1.47. The number of hydrogen-bond donors (Lipinski definition) is 2. The number of Topliss-reactive ketones (excluding diaryl/α,β-unsaturated/α-hetero) is 4. The Kier molecular flexibility index (Phi) is 22.7. The molecule has 25 rings (SSSR count). The van der Waals surface area contributed by atoms with Crippen LogP contribution in [0.4, 0.5) is 0 Å². The van der Waals surface area contributed by atoms with Crippen LogP contribution in [-0.4, -0.2) is 201 Å². The van der Waals surface area contributed by atoms with Gasteiger partial charge in [-0.3, -0.25) is 43.2 Å². The molecule has 13 saturated heterocycles. The average molecular weight is 2210 g/mol. The minimum absolute atomic E-state index is 0.0263. The fourth-order valence-corrected chi connectivity index (χ4v) is 36.8. The number of ketones is 4. The highest BCUT2D eigenvalue weighted by atomic mass is 128. The topological polar surface area (TPSA) is 480 Å². The van der Waals surface area contributed by atoms with Gasteiger partial charge in [0.2, 0.25) is 0 Å². The fourth-order valence-electron chi connectivity index (χ4n) is 36.8. The Bertz CT molecular complexity index is 5810. The predicted molar refractivity (Wildman–Crippen MR) is 505 cm³/mol. The molecule has 0 amide bonds. The predicted octanol–water partition coefficient (Wildman–Crippen LogP) is 13.6. The van der Waals surface area contributed by atoms with E-state index >= 15 is 0 Å². The molecule has 17 heterocycles. The van der Waals surface area contributed by atoms with Crippen molar-refractivity contribution in [3.63, 3.8) is 0 Å². The second-order valence-electron chi connectivity index (χ2n) is 49.4. The molecule has 21 aliphatic rings. The van der Waals surface area contributed by atoms with Gasteiger partial charge in [-0.1, -0.05) is 41.5 Å². The maximum absolute atomic E-state index is 14.4. The van der Waals surface area contributed by atoms with Crippen molar-refractivity contribution in [3.8, 4) is 0 Å². The van der Waals surface area contributed by atoms with Gasteiger partial charge in [-0.25, -0.2) is 14.4 Å². The van der Waals surface area contributed by atoms with E-state index in [4.69, 9.17) is 84.0 Å². The van der Waals surface area contributed by atoms with E-state index in [9.17, 15) is 77.6 Å². The molecule has 0 radical (unpaired) electrons. The number of furan rings is 4. The number of aliphatic hydroxyl groups excluding tert-OH is 1. The number of hydrogen-bond acceptors (Lipinski definition) is 33. The van der Waals surface area contributed by atoms with Crippen LogP contribution in [0.5, 0.6) is 0 Å². The Balaban J connectivity index is 0.000000112. The van der Waals surface area contributed by atoms with Gasteiger partial charge >= 0.3 is 47.8 Å². The monoisotopic (exact) mass is 2210 g/mol. The number of halogens is 2. The summed E-state index contributed by atoms with van der Waals surface area (Å²) in [5.74, 6) is -7.11. The maximum atomic E-state index is 14.4. The molecule has 13 aliphatic heterocycles. The van der Waals surface area contributed by atoms with Crippen LogP contribution < -0.4 is 5.11 Å². The summed E-state index contributed by atoms with van der Waals surface area (Å²) in [6, 6.07) is 7.13. The Morgan fingerprint density at radius 1 is 0.406 bits per heavy atom. The van der Waals surface area contributed by atoms with E-state index < -0.39 is 201 Å². The lowest BCUT2D eigenvalue weighted by Crippen LogP contribution is -2.72. The number of fused-ring (bicyclic) bond motifs is 8. The van der Waals surface area contributed by atoms with E-state index in [1.807, 2.05) is 102 Å². The number of aliphatic carboxylic acids is 2. The van der Waals surface area contributed by atoms with Gasteiger partial charge in [-0.05, 0) is 194 Å². The summed E-state index contributed by atoms with van der Waals surface area (Å²) in [7, 11) is 0. The second-order valence-corrected chi connectivity index (χ2v) is 49.4. The number of aliphatic hydroxyl groups is 1. The number of carbonyl (C=O) groups is 13. The molecule has 0 bridgehead atoms. The summed E-state index contributed by atoms with van der Waals surface area (Å²) in [5.41, 5.74) is -14.4. The molecular weight excluding hydrogens is 2080 g/mol. The molecular formula is C107H129I2O34-. The summed E-state index contributed by atoms with van der Waals surface area (Å²) in [4.78, 5) is 170. The van der Waals surface area contributed by atoms with E-state index in [0.717, 1.165) is 23.1 Å². The standard InChI is InChI=1S/C28H34O9.C27H34O8.C26H32O9.C26H30O8.I2/c1-14(29)34-19-12-20(31)36-24(2,3)17-11-18(30)27(6)16(26(17,19)5)7-9-25(4)21(15-8-10-33-13-15)35-23(32)22-28(25,27)37-22;1-14(15-7-9-32-12-15)24(4)8-6-16-25(5,27(24)21(35-27)22(30)31)18(28)10-17-23(2,3)34-19-11-20(29)33-13-26(16,17)19;1-22(2)15-9-16(27)24(4)14(25(15)12-33-18(28)10-17(25)34-22)5-7-23(3,19(29)13-6-8-32-11-13)26(24)20(35-26)21(30)31;1-22(2)15-9-16(27)24(4)14(25(15)12-31-18(28)10-17(25)33-22)5-7-23(3)19(13-6-8-30-11-13)32-21(29)20-26(23,24)34-20;1-2/h8,10,13,16-17,19,21-22H,7,9,11-12H2,1-6H3;7,9,12,14,16-17,19,21H,6,8,10-11,13H2,1-5H3,(H,30,31);6,8,11,14-15,17,19-20,29H,5,7,9-10,12H2,1-4H3,(H,30,31);6,8,11,14-15,17,19-20H,5,7,9-10,12H2,1-4H3;/p-1. The van der Waals surface area contributed by atoms with Gasteiger partial charge in [0.1, 0.15) is 95.4 Å². The van der Waals surface area contributed by atoms with Crippen molar-refractivity contribution in [1.29, 1.82) is 0 Å². The Labute approximate surface area is 851 Å². The van der Waals surface area contributed by atoms with E-state index in [-0.39, 0.29) is 171 Å². The second kappa shape index (κ2) is 32.1. The third-order valence-corrected chi connectivity index (χ3v) is 43.2. The molecule has 21 fully saturated rings. The van der Waals surface area contributed by atoms with Crippen LogP contribution in [0.3, 0.4) is 0 Å². The SMILES string of the molecule is CC(=O)OC1CC(=O)OC(C)(C)C2CC(=O)C3(C)C(CCC4(C)C(c5ccoc5)OC(=O)C5OC543)C12C.CC(c1ccoc1)C1(C)CCC2C34COC(=O)CC3OC(C)(C)C4CC(=O)C2(C)C12OC2C(=O)O.CC1(C)OC2CC(=O)OCC23C1CC(=O)C1(C)C3CCC(C)(C(O)c2ccoc2)C12OC2C(=O)[O-].CC1(C)OC2CC(=O)OCC23C1CC(=O)C1(C)C3CCC2(C)C(c3ccoc3)OC(=O)C3OC321.II. The van der Waals surface area contributed by atoms with Crippen molar-refractivity contribution in [2.75, 3.05) is 19.8 Å². The zero-order valence-corrected chi connectivity index (χ0v) is 88.4. The van der Waals surface area contributed by atoms with Crippen molar-refractivity contribution in [1.82, 2.24) is 0 Å². The van der Waals surface area contributed by atoms with E-state index in [2.05, 4.69) is 58.0 Å². The molecule has 4 aromatic rings. The highest BCUT2D eigenvalue weighted by Gasteiger charge is 2.94. The van der Waals surface area contributed by atoms with Gasteiger partial charge in [0.15, 0.2) is 18.3 Å². The first-order valence-corrected chi connectivity index (χ1v) is 56.8. The lowest BCUT2D eigenvalue weighted by atomic mass is 9.37. The summed E-state index contributed by atoms with van der Waals surface area (Å²) in [6.45, 7) is 37.1. The normalized spacial score (nSPS) is 48.6. The van der Waals surface area contributed by atoms with Gasteiger partial charge in [-0.15, -0.1) is 0 Å². The molecule has 143 heavy (non-hydrogen) atoms. The molecule has 36 atom stereocenters. The maximum Gasteiger partial charge on any atom is 0.339 e. The van der Waals surface area contributed by atoms with Crippen molar-refractivity contribution >= 4 is 114 Å². The smallest absolute Gasteiger partial charge is 0.339 e. The number of rotatable bonds is 9. The molecule has 36 unspecified atom stereocenters. The molecule has 2 N–H and O–H groups in total. The van der Waals surface area contributed by atoms with Crippen LogP contribution in [0.2, 0.25) is 0 Å². The molecule has 8 aliphatic carbocycles. The van der Waals surface area contributed by atoms with E-state index in [0.29, 0.717) is 56.9 Å². The van der Waals surface area contributed by atoms with Crippen molar-refractivity contribution in [3.05, 3.63) is 96.6 Å². The molecule has 34 nitrogen and oxygen atoms in total. The van der Waals surface area contributed by atoms with Crippen molar-refractivity contribution in [2.45, 2.75) is 352 Å². The van der Waals surface area contributed by atoms with Gasteiger partial charge in [0.25, 0.3) is 0 Å². The van der Waals surface area contributed by atoms with Gasteiger partial charge < -0.3 is 104 Å². The number of carbonyl (C=O) groups excluding carboxylic acids is 12. The Hall–Kier alpha value is -7.83. The first-order valence-electron chi connectivity index (χ1n) is 50.5. The first kappa shape index (κ1) is 101. The molecule has 8 saturated carbocycles. The highest BCUT2D eigenvalue weighted by molar-refractivity contribution is 15.0. The number of epoxide rings is 4. The first-order chi connectivity index (χ1) is 67.0. The number of carboxylic acids is 2. The van der Waals surface area contributed by atoms with Crippen LogP contribution in [-0.2, 0) is 129 Å². The molecule has 0 aromatic carbocycles. The lowest BCUT2D eigenvalue weighted by molar-refractivity contribution is -0.307. The summed E-state index contributed by atoms with van der Waals surface area (Å²) >= 11 is 4.24. The van der Waals surface area contributed by atoms with E-state index in [1.54, 1.807) is 57.3 Å². The van der Waals surface area contributed by atoms with Gasteiger partial charge in [0.05, 0.1) is 145 Å². The van der Waals surface area contributed by atoms with Crippen LogP contribution in [0.15, 0.2) is 92.0 Å². The summed E-state index contributed by atoms with van der Waals surface area (Å²) < 4.78 is 106. The van der Waals surface area contributed by atoms with Gasteiger partial charge in [-0.2, -0.15) is 0 Å². The van der Waals surface area contributed by atoms with Crippen LogP contribution in [0.1, 0.15) is 281 Å². The summed E-state index contributed by atoms with van der Waals surface area (Å²) in [5, 5.41) is 34.0. The van der Waals surface area contributed by atoms with Crippen LogP contribution >= 0.6 is 37.2 Å². The number of ether oxygens (including phenoxy) is 14. The van der Waals surface area contributed by atoms with Gasteiger partial charge in [0, 0.05) is 154 Å². The Morgan fingerprint density at radius 2 is 0.769 bits per heavy atom.